The summed E-state index contributed by atoms with van der Waals surface area (Å²) >= 11 is 1.57. The van der Waals surface area contributed by atoms with Gasteiger partial charge in [0.05, 0.1) is 5.69 Å². The average molecular weight is 277 g/mol. The number of ether oxygens (including phenoxy) is 2. The second-order valence-corrected chi connectivity index (χ2v) is 5.02. The minimum atomic E-state index is 0.592. The number of fused-ring (bicyclic) bond motifs is 1. The number of nitrogens with two attached hydrogens (primary N) is 1. The van der Waals surface area contributed by atoms with Gasteiger partial charge in [0.15, 0.2) is 16.6 Å². The van der Waals surface area contributed by atoms with E-state index in [0.717, 1.165) is 34.4 Å². The van der Waals surface area contributed by atoms with Crippen LogP contribution in [-0.2, 0) is 6.42 Å². The molecule has 0 radical (unpaired) electrons. The van der Waals surface area contributed by atoms with Crippen molar-refractivity contribution >= 4 is 22.2 Å². The Balaban J connectivity index is 1.75. The summed E-state index contributed by atoms with van der Waals surface area (Å²) < 4.78 is 11.0. The second kappa shape index (κ2) is 5.46. The lowest BCUT2D eigenvalue weighted by Crippen LogP contribution is -2.15. The summed E-state index contributed by atoms with van der Waals surface area (Å²) in [6.45, 7) is 1.82. The quantitative estimate of drug-likeness (QED) is 0.896. The molecule has 5 nitrogen and oxygen atoms in total. The lowest BCUT2D eigenvalue weighted by Gasteiger charge is -2.18. The Labute approximate surface area is 115 Å². The lowest BCUT2D eigenvalue weighted by atomic mass is 10.2. The standard InChI is InChI=1S/C13H15N3O2S/c14-4-3-10-8-19-13(16-10)15-9-1-2-11-12(7-9)18-6-5-17-11/h1-2,7-8H,3-6,14H2,(H,15,16). The van der Waals surface area contributed by atoms with E-state index >= 15 is 0 Å². The zero-order chi connectivity index (χ0) is 13.1. The van der Waals surface area contributed by atoms with Crippen molar-refractivity contribution in [3.05, 3.63) is 29.3 Å². The number of thiazole rings is 1. The number of nitrogens with one attached hydrogen (secondary N) is 1. The topological polar surface area (TPSA) is 69.4 Å². The Morgan fingerprint density at radius 1 is 1.26 bits per heavy atom. The van der Waals surface area contributed by atoms with Gasteiger partial charge in [-0.25, -0.2) is 4.98 Å². The normalized spacial score (nSPS) is 13.3. The molecule has 0 atom stereocenters. The molecule has 1 aliphatic rings. The fourth-order valence-electron chi connectivity index (χ4n) is 1.87. The first kappa shape index (κ1) is 12.3. The van der Waals surface area contributed by atoms with Gasteiger partial charge in [0.25, 0.3) is 0 Å². The molecule has 0 spiro atoms. The van der Waals surface area contributed by atoms with Crippen LogP contribution >= 0.6 is 11.3 Å². The summed E-state index contributed by atoms with van der Waals surface area (Å²) in [5, 5.41) is 6.15. The first-order valence-electron chi connectivity index (χ1n) is 6.16. The van der Waals surface area contributed by atoms with Crippen LogP contribution in [0.25, 0.3) is 0 Å². The zero-order valence-corrected chi connectivity index (χ0v) is 11.2. The molecule has 0 amide bonds. The highest BCUT2D eigenvalue weighted by molar-refractivity contribution is 7.13. The number of rotatable bonds is 4. The molecule has 1 aliphatic heterocycles. The van der Waals surface area contributed by atoms with E-state index < -0.39 is 0 Å². The van der Waals surface area contributed by atoms with E-state index in [1.54, 1.807) is 11.3 Å². The Kier molecular flexibility index (Phi) is 3.52. The van der Waals surface area contributed by atoms with Crippen LogP contribution in [0.1, 0.15) is 5.69 Å². The molecule has 100 valence electrons. The minimum Gasteiger partial charge on any atom is -0.486 e. The Morgan fingerprint density at radius 3 is 2.95 bits per heavy atom. The van der Waals surface area contributed by atoms with Gasteiger partial charge in [0, 0.05) is 23.6 Å². The lowest BCUT2D eigenvalue weighted by molar-refractivity contribution is 0.171. The van der Waals surface area contributed by atoms with Gasteiger partial charge in [0.2, 0.25) is 0 Å². The maximum atomic E-state index is 5.55. The summed E-state index contributed by atoms with van der Waals surface area (Å²) in [7, 11) is 0. The molecule has 3 rings (SSSR count). The largest absolute Gasteiger partial charge is 0.486 e. The van der Waals surface area contributed by atoms with E-state index in [0.29, 0.717) is 19.8 Å². The molecule has 0 aliphatic carbocycles. The molecule has 2 aromatic rings. The number of anilines is 2. The van der Waals surface area contributed by atoms with Gasteiger partial charge in [-0.05, 0) is 18.7 Å². The van der Waals surface area contributed by atoms with Gasteiger partial charge in [-0.1, -0.05) is 0 Å². The Morgan fingerprint density at radius 2 is 2.11 bits per heavy atom. The van der Waals surface area contributed by atoms with Crippen LogP contribution in [-0.4, -0.2) is 24.7 Å². The van der Waals surface area contributed by atoms with Crippen molar-refractivity contribution in [1.29, 1.82) is 0 Å². The van der Waals surface area contributed by atoms with Crippen LogP contribution in [0.15, 0.2) is 23.6 Å². The highest BCUT2D eigenvalue weighted by Crippen LogP contribution is 2.33. The molecule has 3 N–H and O–H groups in total. The van der Waals surface area contributed by atoms with Crippen molar-refractivity contribution in [2.45, 2.75) is 6.42 Å². The van der Waals surface area contributed by atoms with E-state index in [1.807, 2.05) is 23.6 Å². The molecule has 0 saturated carbocycles. The van der Waals surface area contributed by atoms with E-state index in [1.165, 1.54) is 0 Å². The number of hydrogen-bond acceptors (Lipinski definition) is 6. The van der Waals surface area contributed by atoms with Crippen LogP contribution in [0.5, 0.6) is 11.5 Å². The van der Waals surface area contributed by atoms with Crippen LogP contribution in [0, 0.1) is 0 Å². The third-order valence-electron chi connectivity index (χ3n) is 2.75. The number of aromatic nitrogens is 1. The molecule has 1 aromatic heterocycles. The highest BCUT2D eigenvalue weighted by Gasteiger charge is 2.12. The van der Waals surface area contributed by atoms with Crippen LogP contribution in [0.3, 0.4) is 0 Å². The van der Waals surface area contributed by atoms with Crippen molar-refractivity contribution in [3.63, 3.8) is 0 Å². The van der Waals surface area contributed by atoms with Gasteiger partial charge in [-0.3, -0.25) is 0 Å². The third kappa shape index (κ3) is 2.80. The summed E-state index contributed by atoms with van der Waals surface area (Å²) in [6.07, 6.45) is 0.805. The SMILES string of the molecule is NCCc1csc(Nc2ccc3c(c2)OCCO3)n1. The van der Waals surface area contributed by atoms with Gasteiger partial charge >= 0.3 is 0 Å². The van der Waals surface area contributed by atoms with Crippen molar-refractivity contribution < 1.29 is 9.47 Å². The molecule has 2 heterocycles. The molecular weight excluding hydrogens is 262 g/mol. The van der Waals surface area contributed by atoms with Crippen molar-refractivity contribution in [2.24, 2.45) is 5.73 Å². The predicted octanol–water partition coefficient (Wildman–Crippen LogP) is 2.16. The number of hydrogen-bond donors (Lipinski definition) is 2. The van der Waals surface area contributed by atoms with Gasteiger partial charge in [-0.15, -0.1) is 11.3 Å². The molecule has 0 bridgehead atoms. The molecule has 1 aromatic carbocycles. The van der Waals surface area contributed by atoms with Crippen LogP contribution in [0.2, 0.25) is 0 Å². The third-order valence-corrected chi connectivity index (χ3v) is 3.55. The molecule has 6 heteroatoms. The molecule has 0 saturated heterocycles. The highest BCUT2D eigenvalue weighted by atomic mass is 32.1. The van der Waals surface area contributed by atoms with Crippen LogP contribution in [0.4, 0.5) is 10.8 Å². The Hall–Kier alpha value is -1.79. The molecule has 0 fully saturated rings. The summed E-state index contributed by atoms with van der Waals surface area (Å²) in [6, 6.07) is 5.79. The van der Waals surface area contributed by atoms with Crippen molar-refractivity contribution in [3.8, 4) is 11.5 Å². The van der Waals surface area contributed by atoms with Crippen LogP contribution < -0.4 is 20.5 Å². The molecule has 0 unspecified atom stereocenters. The van der Waals surface area contributed by atoms with E-state index in [4.69, 9.17) is 15.2 Å². The van der Waals surface area contributed by atoms with Crippen molar-refractivity contribution in [2.75, 3.05) is 25.1 Å². The van der Waals surface area contributed by atoms with E-state index in [-0.39, 0.29) is 0 Å². The summed E-state index contributed by atoms with van der Waals surface area (Å²) in [5.41, 5.74) is 7.48. The Bertz CT molecular complexity index is 571. The fraction of sp³-hybridized carbons (Fsp3) is 0.308. The van der Waals surface area contributed by atoms with Gasteiger partial charge < -0.3 is 20.5 Å². The smallest absolute Gasteiger partial charge is 0.187 e. The first-order valence-corrected chi connectivity index (χ1v) is 7.04. The van der Waals surface area contributed by atoms with Gasteiger partial charge in [0.1, 0.15) is 13.2 Å². The average Bonchev–Trinajstić information content (AvgIpc) is 2.86. The molecule has 19 heavy (non-hydrogen) atoms. The summed E-state index contributed by atoms with van der Waals surface area (Å²) in [4.78, 5) is 4.46. The van der Waals surface area contributed by atoms with E-state index in [2.05, 4.69) is 10.3 Å². The monoisotopic (exact) mass is 277 g/mol. The zero-order valence-electron chi connectivity index (χ0n) is 10.4. The number of nitrogens with zero attached hydrogens (tertiary/aromatic N) is 1. The second-order valence-electron chi connectivity index (χ2n) is 4.17. The number of benzene rings is 1. The maximum Gasteiger partial charge on any atom is 0.187 e. The molecular formula is C13H15N3O2S. The minimum absolute atomic E-state index is 0.592. The summed E-state index contributed by atoms with van der Waals surface area (Å²) in [5.74, 6) is 1.56. The van der Waals surface area contributed by atoms with E-state index in [9.17, 15) is 0 Å². The predicted molar refractivity (Wildman–Crippen MR) is 75.6 cm³/mol. The van der Waals surface area contributed by atoms with Crippen molar-refractivity contribution in [1.82, 2.24) is 4.98 Å². The maximum absolute atomic E-state index is 5.55. The first-order chi connectivity index (χ1) is 9.35. The van der Waals surface area contributed by atoms with Gasteiger partial charge in [-0.2, -0.15) is 0 Å². The fourth-order valence-corrected chi connectivity index (χ4v) is 2.64.